The van der Waals surface area contributed by atoms with Crippen molar-refractivity contribution >= 4 is 5.91 Å². The van der Waals surface area contributed by atoms with Gasteiger partial charge in [-0.3, -0.25) is 4.79 Å². The number of fused-ring (bicyclic) bond motifs is 1. The zero-order valence-electron chi connectivity index (χ0n) is 7.12. The van der Waals surface area contributed by atoms with Crippen molar-refractivity contribution in [3.05, 3.63) is 0 Å². The molecule has 1 heterocycles. The number of carbonyl (C=O) groups is 1. The summed E-state index contributed by atoms with van der Waals surface area (Å²) < 4.78 is 0. The van der Waals surface area contributed by atoms with E-state index in [0.717, 1.165) is 19.3 Å². The summed E-state index contributed by atoms with van der Waals surface area (Å²) in [6, 6.07) is 0. The van der Waals surface area contributed by atoms with Crippen molar-refractivity contribution in [1.82, 2.24) is 5.32 Å². The topological polar surface area (TPSA) is 49.3 Å². The van der Waals surface area contributed by atoms with Crippen molar-refractivity contribution in [2.24, 2.45) is 11.8 Å². The predicted octanol–water partition coefficient (Wildman–Crippen LogP) is 0.283. The fourth-order valence-corrected chi connectivity index (χ4v) is 2.43. The third kappa shape index (κ3) is 1.22. The van der Waals surface area contributed by atoms with Gasteiger partial charge in [0.05, 0.1) is 6.10 Å². The maximum Gasteiger partial charge on any atom is 0.223 e. The Morgan fingerprint density at radius 2 is 2.08 bits per heavy atom. The van der Waals surface area contributed by atoms with E-state index in [1.54, 1.807) is 0 Å². The molecule has 1 saturated heterocycles. The second kappa shape index (κ2) is 3.05. The van der Waals surface area contributed by atoms with Crippen LogP contribution in [0, 0.1) is 11.8 Å². The van der Waals surface area contributed by atoms with Gasteiger partial charge in [0.25, 0.3) is 0 Å². The van der Waals surface area contributed by atoms with Gasteiger partial charge in [0, 0.05) is 12.5 Å². The molecule has 3 atom stereocenters. The van der Waals surface area contributed by atoms with Gasteiger partial charge >= 0.3 is 0 Å². The quantitative estimate of drug-likeness (QED) is 0.547. The third-order valence-corrected chi connectivity index (χ3v) is 3.14. The number of aliphatic hydroxyl groups is 1. The number of carbonyl (C=O) groups excluding carboxylic acids is 1. The van der Waals surface area contributed by atoms with Crippen LogP contribution in [0.1, 0.15) is 25.7 Å². The summed E-state index contributed by atoms with van der Waals surface area (Å²) in [6.45, 7) is 0.458. The van der Waals surface area contributed by atoms with E-state index in [9.17, 15) is 9.90 Å². The molecule has 2 N–H and O–H groups in total. The van der Waals surface area contributed by atoms with E-state index in [-0.39, 0.29) is 23.8 Å². The second-order valence-corrected chi connectivity index (χ2v) is 3.87. The molecule has 12 heavy (non-hydrogen) atoms. The molecule has 2 fully saturated rings. The summed E-state index contributed by atoms with van der Waals surface area (Å²) in [5.74, 6) is 0.500. The minimum absolute atomic E-state index is 0.0995. The molecule has 2 aliphatic rings. The first-order valence-electron chi connectivity index (χ1n) is 4.75. The molecule has 68 valence electrons. The molecule has 1 amide bonds. The van der Waals surface area contributed by atoms with Crippen molar-refractivity contribution in [2.75, 3.05) is 6.54 Å². The standard InChI is InChI=1S/C9H15NO2/c11-8-5-10-9(12)7-4-2-1-3-6(7)8/h6-8,11H,1-5H2,(H,10,12)/t6-,7?,8-/m0/s1. The summed E-state index contributed by atoms with van der Waals surface area (Å²) in [5.41, 5.74) is 0. The van der Waals surface area contributed by atoms with E-state index in [4.69, 9.17) is 0 Å². The molecule has 0 aromatic rings. The van der Waals surface area contributed by atoms with Gasteiger partial charge in [0.2, 0.25) is 5.91 Å². The van der Waals surface area contributed by atoms with Gasteiger partial charge in [-0.15, -0.1) is 0 Å². The number of piperidine rings is 1. The third-order valence-electron chi connectivity index (χ3n) is 3.14. The number of nitrogens with one attached hydrogen (secondary N) is 1. The molecule has 0 spiro atoms. The number of hydrogen-bond acceptors (Lipinski definition) is 2. The fourth-order valence-electron chi connectivity index (χ4n) is 2.43. The highest BCUT2D eigenvalue weighted by atomic mass is 16.3. The summed E-state index contributed by atoms with van der Waals surface area (Å²) in [4.78, 5) is 11.4. The van der Waals surface area contributed by atoms with Gasteiger partial charge in [0.1, 0.15) is 0 Å². The number of β-amino-alcohol motifs (C(OH)–C–C–N with tert-alkyl or cyclic N) is 1. The molecular weight excluding hydrogens is 154 g/mol. The number of rotatable bonds is 0. The van der Waals surface area contributed by atoms with E-state index in [2.05, 4.69) is 5.32 Å². The largest absolute Gasteiger partial charge is 0.391 e. The summed E-state index contributed by atoms with van der Waals surface area (Å²) in [7, 11) is 0. The first-order chi connectivity index (χ1) is 5.79. The molecule has 0 radical (unpaired) electrons. The van der Waals surface area contributed by atoms with Crippen molar-refractivity contribution in [1.29, 1.82) is 0 Å². The highest BCUT2D eigenvalue weighted by Gasteiger charge is 2.38. The van der Waals surface area contributed by atoms with E-state index >= 15 is 0 Å². The van der Waals surface area contributed by atoms with E-state index in [0.29, 0.717) is 6.54 Å². The van der Waals surface area contributed by atoms with Gasteiger partial charge < -0.3 is 10.4 Å². The van der Waals surface area contributed by atoms with Crippen LogP contribution in [0.4, 0.5) is 0 Å². The molecule has 0 bridgehead atoms. The van der Waals surface area contributed by atoms with Gasteiger partial charge in [0.15, 0.2) is 0 Å². The highest BCUT2D eigenvalue weighted by molar-refractivity contribution is 5.80. The zero-order chi connectivity index (χ0) is 8.55. The molecule has 3 heteroatoms. The van der Waals surface area contributed by atoms with Crippen LogP contribution in [-0.4, -0.2) is 23.7 Å². The lowest BCUT2D eigenvalue weighted by Crippen LogP contribution is -2.51. The van der Waals surface area contributed by atoms with Gasteiger partial charge in [-0.1, -0.05) is 12.8 Å². The maximum atomic E-state index is 11.4. The van der Waals surface area contributed by atoms with E-state index < -0.39 is 0 Å². The number of amides is 1. The molecule has 0 aromatic heterocycles. The predicted molar refractivity (Wildman–Crippen MR) is 44.5 cm³/mol. The van der Waals surface area contributed by atoms with Gasteiger partial charge in [-0.25, -0.2) is 0 Å². The van der Waals surface area contributed by atoms with Crippen LogP contribution >= 0.6 is 0 Å². The van der Waals surface area contributed by atoms with Crippen molar-refractivity contribution < 1.29 is 9.90 Å². The molecule has 1 unspecified atom stereocenters. The molecule has 1 aliphatic heterocycles. The zero-order valence-corrected chi connectivity index (χ0v) is 7.12. The number of hydrogen-bond donors (Lipinski definition) is 2. The lowest BCUT2D eigenvalue weighted by Gasteiger charge is -2.38. The monoisotopic (exact) mass is 169 g/mol. The average molecular weight is 169 g/mol. The Morgan fingerprint density at radius 1 is 1.33 bits per heavy atom. The van der Waals surface area contributed by atoms with Crippen LogP contribution < -0.4 is 5.32 Å². The molecular formula is C9H15NO2. The van der Waals surface area contributed by atoms with E-state index in [1.807, 2.05) is 0 Å². The first-order valence-corrected chi connectivity index (χ1v) is 4.75. The SMILES string of the molecule is O=C1NC[C@H](O)[C@H]2CCCCC12. The molecule has 2 rings (SSSR count). The second-order valence-electron chi connectivity index (χ2n) is 3.87. The summed E-state index contributed by atoms with van der Waals surface area (Å²) in [6.07, 6.45) is 4.01. The minimum atomic E-state index is -0.298. The summed E-state index contributed by atoms with van der Waals surface area (Å²) >= 11 is 0. The van der Waals surface area contributed by atoms with Crippen molar-refractivity contribution in [2.45, 2.75) is 31.8 Å². The molecule has 0 aromatic carbocycles. The van der Waals surface area contributed by atoms with Crippen LogP contribution in [-0.2, 0) is 4.79 Å². The van der Waals surface area contributed by atoms with Crippen LogP contribution in [0.25, 0.3) is 0 Å². The Balaban J connectivity index is 2.11. The summed E-state index contributed by atoms with van der Waals surface area (Å²) in [5, 5.41) is 12.3. The van der Waals surface area contributed by atoms with Crippen LogP contribution in [0.15, 0.2) is 0 Å². The number of aliphatic hydroxyl groups excluding tert-OH is 1. The Hall–Kier alpha value is -0.570. The Kier molecular flexibility index (Phi) is 2.05. The maximum absolute atomic E-state index is 11.4. The smallest absolute Gasteiger partial charge is 0.223 e. The average Bonchev–Trinajstić information content (AvgIpc) is 2.12. The van der Waals surface area contributed by atoms with Crippen LogP contribution in [0.5, 0.6) is 0 Å². The van der Waals surface area contributed by atoms with Crippen LogP contribution in [0.2, 0.25) is 0 Å². The fraction of sp³-hybridized carbons (Fsp3) is 0.889. The minimum Gasteiger partial charge on any atom is -0.391 e. The highest BCUT2D eigenvalue weighted by Crippen LogP contribution is 2.34. The molecule has 1 saturated carbocycles. The van der Waals surface area contributed by atoms with Crippen LogP contribution in [0.3, 0.4) is 0 Å². The van der Waals surface area contributed by atoms with E-state index in [1.165, 1.54) is 6.42 Å². The Labute approximate surface area is 72.2 Å². The Bertz CT molecular complexity index is 193. The lowest BCUT2D eigenvalue weighted by atomic mass is 9.74. The lowest BCUT2D eigenvalue weighted by molar-refractivity contribution is -0.134. The first kappa shape index (κ1) is 8.05. The Morgan fingerprint density at radius 3 is 2.83 bits per heavy atom. The van der Waals surface area contributed by atoms with Gasteiger partial charge in [-0.2, -0.15) is 0 Å². The van der Waals surface area contributed by atoms with Crippen molar-refractivity contribution in [3.8, 4) is 0 Å². The normalized spacial score (nSPS) is 41.8. The molecule has 3 nitrogen and oxygen atoms in total. The van der Waals surface area contributed by atoms with Gasteiger partial charge in [-0.05, 0) is 18.8 Å². The van der Waals surface area contributed by atoms with Crippen molar-refractivity contribution in [3.63, 3.8) is 0 Å². The molecule has 1 aliphatic carbocycles.